The third-order valence-corrected chi connectivity index (χ3v) is 8.47. The molecule has 0 spiro atoms. The normalized spacial score (nSPS) is 23.4. The van der Waals surface area contributed by atoms with E-state index in [4.69, 9.17) is 4.74 Å². The highest BCUT2D eigenvalue weighted by atomic mass is 32.2. The van der Waals surface area contributed by atoms with E-state index in [9.17, 15) is 8.42 Å². The minimum Gasteiger partial charge on any atom is -0.470 e. The Morgan fingerprint density at radius 1 is 1.10 bits per heavy atom. The largest absolute Gasteiger partial charge is 0.470 e. The first-order valence-electron chi connectivity index (χ1n) is 9.81. The second-order valence-electron chi connectivity index (χ2n) is 7.62. The van der Waals surface area contributed by atoms with Gasteiger partial charge in [0.05, 0.1) is 17.2 Å². The number of aromatic nitrogens is 2. The van der Waals surface area contributed by atoms with Gasteiger partial charge in [0.2, 0.25) is 15.9 Å². The molecule has 1 aromatic carbocycles. The summed E-state index contributed by atoms with van der Waals surface area (Å²) in [5.74, 6) is 0.193. The molecule has 1 saturated heterocycles. The number of thiazole rings is 1. The van der Waals surface area contributed by atoms with Crippen molar-refractivity contribution in [2.75, 3.05) is 13.1 Å². The number of nitrogens with zero attached hydrogens (tertiary/aromatic N) is 4. The number of hydrogen-bond donors (Lipinski definition) is 0. The second-order valence-corrected chi connectivity index (χ2v) is 10.4. The highest BCUT2D eigenvalue weighted by molar-refractivity contribution is 7.89. The smallest absolute Gasteiger partial charge is 0.249 e. The van der Waals surface area contributed by atoms with Crippen molar-refractivity contribution in [3.63, 3.8) is 0 Å². The third kappa shape index (κ3) is 3.51. The zero-order valence-corrected chi connectivity index (χ0v) is 18.1. The van der Waals surface area contributed by atoms with E-state index in [0.29, 0.717) is 19.6 Å². The molecule has 2 aliphatic rings. The predicted molar refractivity (Wildman–Crippen MR) is 114 cm³/mol. The molecule has 0 saturated carbocycles. The number of rotatable bonds is 4. The summed E-state index contributed by atoms with van der Waals surface area (Å²) in [4.78, 5) is 12.2. The zero-order chi connectivity index (χ0) is 20.7. The van der Waals surface area contributed by atoms with Crippen LogP contribution in [0.2, 0.25) is 0 Å². The lowest BCUT2D eigenvalue weighted by Crippen LogP contribution is -2.46. The van der Waals surface area contributed by atoms with Gasteiger partial charge in [-0.3, -0.25) is 4.90 Å². The van der Waals surface area contributed by atoms with Crippen LogP contribution < -0.4 is 4.74 Å². The molecular weight excluding hydrogens is 420 g/mol. The van der Waals surface area contributed by atoms with Gasteiger partial charge in [-0.2, -0.15) is 4.31 Å². The topological polar surface area (TPSA) is 75.6 Å². The Morgan fingerprint density at radius 2 is 1.93 bits per heavy atom. The molecule has 5 rings (SSSR count). The number of sulfonamides is 1. The highest BCUT2D eigenvalue weighted by Gasteiger charge is 2.47. The number of benzene rings is 1. The van der Waals surface area contributed by atoms with Crippen molar-refractivity contribution >= 4 is 21.4 Å². The number of aryl methyl sites for hydroxylation is 1. The molecule has 2 aromatic heterocycles. The first kappa shape index (κ1) is 19.6. The van der Waals surface area contributed by atoms with Gasteiger partial charge in [-0.25, -0.2) is 18.4 Å². The Hall–Kier alpha value is -2.33. The fraction of sp³-hybridized carbons (Fsp3) is 0.333. The van der Waals surface area contributed by atoms with Gasteiger partial charge in [0.15, 0.2) is 0 Å². The molecule has 2 aliphatic heterocycles. The van der Waals surface area contributed by atoms with E-state index in [1.54, 1.807) is 34.0 Å². The maximum atomic E-state index is 13.6. The highest BCUT2D eigenvalue weighted by Crippen LogP contribution is 2.36. The molecule has 156 valence electrons. The Balaban J connectivity index is 1.51. The molecule has 0 aliphatic carbocycles. The minimum absolute atomic E-state index is 0.139. The van der Waals surface area contributed by atoms with Gasteiger partial charge in [-0.1, -0.05) is 30.3 Å². The average Bonchev–Trinajstić information content (AvgIpc) is 3.31. The molecule has 2 atom stereocenters. The van der Waals surface area contributed by atoms with Crippen molar-refractivity contribution in [3.8, 4) is 5.88 Å². The van der Waals surface area contributed by atoms with E-state index < -0.39 is 10.0 Å². The van der Waals surface area contributed by atoms with E-state index >= 15 is 0 Å². The first-order valence-corrected chi connectivity index (χ1v) is 12.1. The maximum absolute atomic E-state index is 13.6. The van der Waals surface area contributed by atoms with Crippen LogP contribution in [0, 0.1) is 6.92 Å². The van der Waals surface area contributed by atoms with E-state index in [-0.39, 0.29) is 22.9 Å². The van der Waals surface area contributed by atoms with E-state index in [2.05, 4.69) is 14.9 Å². The average molecular weight is 443 g/mol. The lowest BCUT2D eigenvalue weighted by atomic mass is 10.1. The summed E-state index contributed by atoms with van der Waals surface area (Å²) < 4.78 is 35.0. The summed E-state index contributed by atoms with van der Waals surface area (Å²) in [6.45, 7) is 4.28. The summed E-state index contributed by atoms with van der Waals surface area (Å²) in [7, 11) is -3.76. The number of pyridine rings is 1. The van der Waals surface area contributed by atoms with Crippen LogP contribution in [-0.2, 0) is 23.1 Å². The van der Waals surface area contributed by atoms with Crippen molar-refractivity contribution in [3.05, 3.63) is 70.3 Å². The molecule has 0 N–H and O–H groups in total. The van der Waals surface area contributed by atoms with Gasteiger partial charge < -0.3 is 4.74 Å². The van der Waals surface area contributed by atoms with Crippen molar-refractivity contribution in [2.45, 2.75) is 37.1 Å². The monoisotopic (exact) mass is 442 g/mol. The molecule has 0 radical (unpaired) electrons. The van der Waals surface area contributed by atoms with Crippen LogP contribution in [0.5, 0.6) is 5.88 Å². The van der Waals surface area contributed by atoms with Crippen LogP contribution in [0.25, 0.3) is 0 Å². The number of fused-ring (bicyclic) bond motifs is 2. The molecule has 7 nitrogen and oxygen atoms in total. The van der Waals surface area contributed by atoms with Crippen LogP contribution in [0.1, 0.15) is 16.1 Å². The van der Waals surface area contributed by atoms with Gasteiger partial charge in [0.25, 0.3) is 0 Å². The van der Waals surface area contributed by atoms with Gasteiger partial charge in [0.1, 0.15) is 11.0 Å². The number of likely N-dealkylation sites (tertiary alicyclic amines) is 1. The Bertz CT molecular complexity index is 1150. The molecule has 9 heteroatoms. The summed E-state index contributed by atoms with van der Waals surface area (Å²) in [6.07, 6.45) is 1.29. The maximum Gasteiger partial charge on any atom is 0.249 e. The van der Waals surface area contributed by atoms with E-state index in [1.807, 2.05) is 42.8 Å². The predicted octanol–water partition coefficient (Wildman–Crippen LogP) is 2.68. The van der Waals surface area contributed by atoms with Gasteiger partial charge >= 0.3 is 0 Å². The van der Waals surface area contributed by atoms with Crippen molar-refractivity contribution in [2.24, 2.45) is 0 Å². The van der Waals surface area contributed by atoms with Gasteiger partial charge in [0, 0.05) is 37.3 Å². The Morgan fingerprint density at radius 3 is 2.70 bits per heavy atom. The Kier molecular flexibility index (Phi) is 5.06. The van der Waals surface area contributed by atoms with Crippen LogP contribution in [0.3, 0.4) is 0 Å². The second kappa shape index (κ2) is 7.73. The van der Waals surface area contributed by atoms with Crippen LogP contribution in [-0.4, -0.2) is 52.8 Å². The fourth-order valence-electron chi connectivity index (χ4n) is 4.11. The quantitative estimate of drug-likeness (QED) is 0.618. The Labute approximate surface area is 180 Å². The summed E-state index contributed by atoms with van der Waals surface area (Å²) in [5.41, 5.74) is 3.82. The molecule has 3 aromatic rings. The summed E-state index contributed by atoms with van der Waals surface area (Å²) in [5, 5.41) is 0. The van der Waals surface area contributed by atoms with Gasteiger partial charge in [-0.15, -0.1) is 11.3 Å². The van der Waals surface area contributed by atoms with Crippen LogP contribution in [0.15, 0.2) is 59.1 Å². The van der Waals surface area contributed by atoms with Crippen molar-refractivity contribution in [1.82, 2.24) is 19.2 Å². The van der Waals surface area contributed by atoms with Gasteiger partial charge in [-0.05, 0) is 24.6 Å². The van der Waals surface area contributed by atoms with E-state index in [0.717, 1.165) is 17.8 Å². The van der Waals surface area contributed by atoms with Crippen molar-refractivity contribution in [1.29, 1.82) is 0 Å². The molecule has 0 amide bonds. The van der Waals surface area contributed by atoms with E-state index in [1.165, 1.54) is 4.88 Å². The van der Waals surface area contributed by atoms with Crippen LogP contribution in [0.4, 0.5) is 0 Å². The standard InChI is InChI=1S/C21H22N4O3S2/c1-15-19(29-14-23-15)13-24-11-17-18(12-24)28-21-20(8-5-9-22-21)30(26,27)25(17)10-16-6-3-2-4-7-16/h2-9,14,17-18H,10-13H2,1H3/t17-,18-/m1/s1. The first-order chi connectivity index (χ1) is 14.5. The minimum atomic E-state index is -3.76. The fourth-order valence-corrected chi connectivity index (χ4v) is 6.63. The lowest BCUT2D eigenvalue weighted by Gasteiger charge is -2.28. The number of ether oxygens (including phenoxy) is 1. The lowest BCUT2D eigenvalue weighted by molar-refractivity contribution is 0.144. The molecule has 0 unspecified atom stereocenters. The SMILES string of the molecule is Cc1ncsc1CN1C[C@@H]2[C@@H](C1)Oc1ncccc1S(=O)(=O)N2Cc1ccccc1. The number of hydrogen-bond acceptors (Lipinski definition) is 7. The van der Waals surface area contributed by atoms with Crippen molar-refractivity contribution < 1.29 is 13.2 Å². The summed E-state index contributed by atoms with van der Waals surface area (Å²) >= 11 is 1.63. The molecular formula is C21H22N4O3S2. The zero-order valence-electron chi connectivity index (χ0n) is 16.5. The summed E-state index contributed by atoms with van der Waals surface area (Å²) in [6, 6.07) is 12.6. The third-order valence-electron chi connectivity index (χ3n) is 5.66. The molecule has 4 heterocycles. The molecule has 0 bridgehead atoms. The molecule has 30 heavy (non-hydrogen) atoms. The molecule has 1 fully saturated rings. The van der Waals surface area contributed by atoms with Crippen LogP contribution >= 0.6 is 11.3 Å².